The van der Waals surface area contributed by atoms with Crippen LogP contribution in [0.25, 0.3) is 32.3 Å². The molecule has 3 aliphatic heterocycles. The molecule has 5 aromatic carbocycles. The van der Waals surface area contributed by atoms with Crippen LogP contribution in [0, 0.1) is 0 Å². The Morgan fingerprint density at radius 1 is 0.556 bits per heavy atom. The summed E-state index contributed by atoms with van der Waals surface area (Å²) >= 11 is 4.10. The lowest BCUT2D eigenvalue weighted by molar-refractivity contribution is 0.591. The molecule has 36 heavy (non-hydrogen) atoms. The van der Waals surface area contributed by atoms with Gasteiger partial charge in [-0.2, -0.15) is 23.5 Å². The third-order valence-corrected chi connectivity index (χ3v) is 9.81. The van der Waals surface area contributed by atoms with Gasteiger partial charge in [-0.15, -0.1) is 0 Å². The van der Waals surface area contributed by atoms with Crippen LogP contribution in [0.15, 0.2) is 60.7 Å². The van der Waals surface area contributed by atoms with Crippen molar-refractivity contribution in [2.24, 2.45) is 0 Å². The minimum atomic E-state index is 0.0915. The van der Waals surface area contributed by atoms with Gasteiger partial charge in [0.2, 0.25) is 0 Å². The van der Waals surface area contributed by atoms with Crippen molar-refractivity contribution in [1.82, 2.24) is 0 Å². The van der Waals surface area contributed by atoms with E-state index in [1.807, 2.05) is 11.8 Å². The van der Waals surface area contributed by atoms with Crippen molar-refractivity contribution in [3.8, 4) is 0 Å². The summed E-state index contributed by atoms with van der Waals surface area (Å²) in [6, 6.07) is 24.1. The molecule has 0 saturated carbocycles. The molecule has 0 spiro atoms. The van der Waals surface area contributed by atoms with Crippen LogP contribution >= 0.6 is 23.5 Å². The van der Waals surface area contributed by atoms with E-state index in [9.17, 15) is 0 Å². The average Bonchev–Trinajstić information content (AvgIpc) is 2.81. The second kappa shape index (κ2) is 8.71. The molecule has 10 bridgehead atoms. The predicted octanol–water partition coefficient (Wildman–Crippen LogP) is 10.4. The van der Waals surface area contributed by atoms with Crippen LogP contribution in [0.5, 0.6) is 0 Å². The van der Waals surface area contributed by atoms with Crippen molar-refractivity contribution >= 4 is 55.8 Å². The smallest absolute Gasteiger partial charge is 0.0194 e. The third-order valence-electron chi connectivity index (χ3n) is 7.70. The molecule has 0 aliphatic carbocycles. The molecular formula is C34H36S2. The van der Waals surface area contributed by atoms with E-state index < -0.39 is 0 Å². The van der Waals surface area contributed by atoms with Gasteiger partial charge < -0.3 is 0 Å². The first kappa shape index (κ1) is 24.2. The lowest BCUT2D eigenvalue weighted by atomic mass is 9.78. The molecule has 0 amide bonds. The molecular weight excluding hydrogens is 473 g/mol. The predicted molar refractivity (Wildman–Crippen MR) is 164 cm³/mol. The topological polar surface area (TPSA) is 0 Å². The van der Waals surface area contributed by atoms with E-state index in [2.05, 4.69) is 114 Å². The summed E-state index contributed by atoms with van der Waals surface area (Å²) in [4.78, 5) is 0. The normalized spacial score (nSPS) is 15.4. The van der Waals surface area contributed by atoms with Gasteiger partial charge in [-0.1, -0.05) is 90.1 Å². The first-order chi connectivity index (χ1) is 17.1. The Kier molecular flexibility index (Phi) is 5.85. The molecule has 3 aliphatic rings. The van der Waals surface area contributed by atoms with Crippen molar-refractivity contribution in [2.45, 2.75) is 75.4 Å². The van der Waals surface area contributed by atoms with Gasteiger partial charge in [0.1, 0.15) is 0 Å². The van der Waals surface area contributed by atoms with Crippen LogP contribution in [-0.2, 0) is 33.8 Å². The second-order valence-electron chi connectivity index (χ2n) is 12.6. The monoisotopic (exact) mass is 508 g/mol. The van der Waals surface area contributed by atoms with Crippen LogP contribution < -0.4 is 0 Å². The van der Waals surface area contributed by atoms with Gasteiger partial charge in [0, 0.05) is 23.0 Å². The Morgan fingerprint density at radius 3 is 1.89 bits per heavy atom. The van der Waals surface area contributed by atoms with E-state index in [-0.39, 0.29) is 10.8 Å². The minimum absolute atomic E-state index is 0.0915. The van der Waals surface area contributed by atoms with Crippen LogP contribution in [0.2, 0.25) is 0 Å². The van der Waals surface area contributed by atoms with E-state index >= 15 is 0 Å². The fourth-order valence-corrected chi connectivity index (χ4v) is 7.78. The Labute approximate surface area is 224 Å². The highest BCUT2D eigenvalue weighted by Gasteiger charge is 2.25. The quantitative estimate of drug-likeness (QED) is 0.191. The number of benzene rings is 5. The summed E-state index contributed by atoms with van der Waals surface area (Å²) in [6.07, 6.45) is 0. The van der Waals surface area contributed by atoms with E-state index in [0.717, 1.165) is 23.0 Å². The zero-order valence-corrected chi connectivity index (χ0v) is 24.1. The minimum Gasteiger partial charge on any atom is -0.152 e. The third kappa shape index (κ3) is 4.21. The largest absolute Gasteiger partial charge is 0.152 e. The Bertz CT molecular complexity index is 1590. The number of rotatable bonds is 0. The standard InChI is InChI=1S/C34H36S2/c1-33(2,3)27-15-24-14-26-20-36-18-22-9-7-8-21(12-22)17-35-19-25-13-23-10-11-29(34(4,5)6)31(26)32(23)30(24)28(25)16-27/h7-16H,17-20H2,1-6H3. The maximum absolute atomic E-state index is 2.54. The SMILES string of the molecule is CC(C)(C)c1cc2cc3c4c(C(C)(C)C)ccc5cc(c(c1)c2c54)CSCc1cccc(c1)CSC3. The molecule has 8 rings (SSSR count). The van der Waals surface area contributed by atoms with Crippen LogP contribution in [0.4, 0.5) is 0 Å². The van der Waals surface area contributed by atoms with Gasteiger partial charge in [-0.05, 0) is 88.7 Å². The van der Waals surface area contributed by atoms with Crippen LogP contribution in [-0.4, -0.2) is 0 Å². The van der Waals surface area contributed by atoms with Crippen molar-refractivity contribution in [2.75, 3.05) is 0 Å². The molecule has 0 N–H and O–H groups in total. The summed E-state index contributed by atoms with van der Waals surface area (Å²) in [5.41, 5.74) is 8.96. The fourth-order valence-electron chi connectivity index (χ4n) is 5.84. The fraction of sp³-hybridized carbons (Fsp3) is 0.353. The van der Waals surface area contributed by atoms with E-state index in [1.54, 1.807) is 0 Å². The summed E-state index contributed by atoms with van der Waals surface area (Å²) in [7, 11) is 0. The first-order valence-corrected chi connectivity index (χ1v) is 15.4. The van der Waals surface area contributed by atoms with Crippen molar-refractivity contribution in [3.05, 3.63) is 94.0 Å². The summed E-state index contributed by atoms with van der Waals surface area (Å²) < 4.78 is 0. The highest BCUT2D eigenvalue weighted by atomic mass is 32.2. The Hall–Kier alpha value is -2.16. The van der Waals surface area contributed by atoms with Gasteiger partial charge in [-0.3, -0.25) is 0 Å². The van der Waals surface area contributed by atoms with Gasteiger partial charge in [0.15, 0.2) is 0 Å². The number of thioether (sulfide) groups is 2. The molecule has 0 fully saturated rings. The van der Waals surface area contributed by atoms with Gasteiger partial charge in [0.05, 0.1) is 0 Å². The maximum Gasteiger partial charge on any atom is 0.0194 e. The van der Waals surface area contributed by atoms with Crippen molar-refractivity contribution in [3.63, 3.8) is 0 Å². The molecule has 2 heteroatoms. The van der Waals surface area contributed by atoms with E-state index in [4.69, 9.17) is 0 Å². The van der Waals surface area contributed by atoms with Crippen LogP contribution in [0.3, 0.4) is 0 Å². The van der Waals surface area contributed by atoms with Crippen LogP contribution in [0.1, 0.15) is 74.9 Å². The maximum atomic E-state index is 2.54. The molecule has 0 aromatic heterocycles. The lowest BCUT2D eigenvalue weighted by Crippen LogP contribution is -2.13. The Balaban J connectivity index is 1.72. The number of hydrogen-bond acceptors (Lipinski definition) is 2. The lowest BCUT2D eigenvalue weighted by Gasteiger charge is -2.27. The molecule has 5 aromatic rings. The van der Waals surface area contributed by atoms with Gasteiger partial charge in [0.25, 0.3) is 0 Å². The molecule has 0 saturated heterocycles. The second-order valence-corrected chi connectivity index (χ2v) is 14.6. The highest BCUT2D eigenvalue weighted by molar-refractivity contribution is 7.98. The molecule has 0 unspecified atom stereocenters. The summed E-state index contributed by atoms with van der Waals surface area (Å²) in [5, 5.41) is 8.72. The summed E-state index contributed by atoms with van der Waals surface area (Å²) in [6.45, 7) is 14.1. The van der Waals surface area contributed by atoms with E-state index in [0.29, 0.717) is 0 Å². The zero-order chi connectivity index (χ0) is 25.2. The zero-order valence-electron chi connectivity index (χ0n) is 22.4. The number of hydrogen-bond donors (Lipinski definition) is 0. The van der Waals surface area contributed by atoms with Gasteiger partial charge >= 0.3 is 0 Å². The van der Waals surface area contributed by atoms with Gasteiger partial charge in [-0.25, -0.2) is 0 Å². The molecule has 184 valence electrons. The molecule has 0 radical (unpaired) electrons. The molecule has 0 atom stereocenters. The first-order valence-electron chi connectivity index (χ1n) is 13.1. The molecule has 0 nitrogen and oxygen atoms in total. The van der Waals surface area contributed by atoms with Crippen molar-refractivity contribution in [1.29, 1.82) is 0 Å². The summed E-state index contributed by atoms with van der Waals surface area (Å²) in [5.74, 6) is 4.18. The average molecular weight is 509 g/mol. The molecule has 3 heterocycles. The Morgan fingerprint density at radius 2 is 1.22 bits per heavy atom. The van der Waals surface area contributed by atoms with E-state index in [1.165, 1.54) is 65.7 Å². The highest BCUT2D eigenvalue weighted by Crippen LogP contribution is 2.45. The van der Waals surface area contributed by atoms with Crippen molar-refractivity contribution < 1.29 is 0 Å².